The van der Waals surface area contributed by atoms with Crippen LogP contribution in [0.25, 0.3) is 0 Å². The van der Waals surface area contributed by atoms with Gasteiger partial charge in [-0.15, -0.1) is 0 Å². The molecule has 9 nitrogen and oxygen atoms in total. The summed E-state index contributed by atoms with van der Waals surface area (Å²) < 4.78 is 36.3. The monoisotopic (exact) mass is 540 g/mol. The fourth-order valence-electron chi connectivity index (χ4n) is 2.40. The Hall–Kier alpha value is -3.93. The average molecular weight is 541 g/mol. The van der Waals surface area contributed by atoms with E-state index >= 15 is 0 Å². The Labute approximate surface area is 222 Å². The molecule has 2 aromatic rings. The third-order valence-corrected chi connectivity index (χ3v) is 3.84. The maximum absolute atomic E-state index is 12.6. The fourth-order valence-corrected chi connectivity index (χ4v) is 2.40. The Kier molecular flexibility index (Phi) is 20.2. The summed E-state index contributed by atoms with van der Waals surface area (Å²) in [6.07, 6.45) is 0.161. The number of nitrogens with one attached hydrogen (secondary N) is 2. The maximum Gasteiger partial charge on any atom is 0.386 e. The zero-order chi connectivity index (χ0) is 29.6. The number of alkyl halides is 3. The molecule has 0 radical (unpaired) electrons. The molecule has 0 saturated heterocycles. The Morgan fingerprint density at radius 2 is 1.68 bits per heavy atom. The molecule has 0 fully saturated rings. The highest BCUT2D eigenvalue weighted by molar-refractivity contribution is 6.43. The van der Waals surface area contributed by atoms with Crippen LogP contribution >= 0.6 is 0 Å². The van der Waals surface area contributed by atoms with Crippen LogP contribution in [0.15, 0.2) is 59.9 Å². The highest BCUT2D eigenvalue weighted by Crippen LogP contribution is 2.17. The first-order valence-electron chi connectivity index (χ1n) is 11.9. The molecule has 0 unspecified atom stereocenters. The summed E-state index contributed by atoms with van der Waals surface area (Å²) in [5.41, 5.74) is 12.4. The molecular formula is C26H39F3N6O3. The summed E-state index contributed by atoms with van der Waals surface area (Å²) in [4.78, 5) is 32.3. The van der Waals surface area contributed by atoms with Gasteiger partial charge in [-0.25, -0.2) is 9.98 Å². The Morgan fingerprint density at radius 1 is 1.08 bits per heavy atom. The van der Waals surface area contributed by atoms with Crippen LogP contribution in [-0.2, 0) is 22.7 Å². The molecule has 0 saturated carbocycles. The maximum atomic E-state index is 12.6. The van der Waals surface area contributed by atoms with Gasteiger partial charge in [0.05, 0.1) is 13.7 Å². The molecule has 1 heterocycles. The summed E-state index contributed by atoms with van der Waals surface area (Å²) in [6.45, 7) is 8.64. The number of para-hydroxylation sites is 1. The van der Waals surface area contributed by atoms with Gasteiger partial charge in [0.25, 0.3) is 5.91 Å². The van der Waals surface area contributed by atoms with E-state index in [-0.39, 0.29) is 38.2 Å². The SMILES string of the molecule is CC.CC.CC(F)(F)F.COc1ccccc1CNC(=O)C(/C=C\N)=Nc1cc(CNC(=O)CN)ccn1. The Morgan fingerprint density at radius 3 is 2.24 bits per heavy atom. The molecule has 12 heteroatoms. The first kappa shape index (κ1) is 36.2. The number of halogens is 3. The first-order chi connectivity index (χ1) is 18.1. The number of ether oxygens (including phenoxy) is 1. The van der Waals surface area contributed by atoms with E-state index in [0.29, 0.717) is 11.6 Å². The van der Waals surface area contributed by atoms with Gasteiger partial charge in [-0.2, -0.15) is 13.2 Å². The van der Waals surface area contributed by atoms with Gasteiger partial charge in [0.1, 0.15) is 11.5 Å². The van der Waals surface area contributed by atoms with Crippen molar-refractivity contribution >= 4 is 23.3 Å². The first-order valence-corrected chi connectivity index (χ1v) is 11.9. The van der Waals surface area contributed by atoms with E-state index in [1.165, 1.54) is 12.3 Å². The standard InChI is InChI=1S/C20H24N6O3.C2H3F3.2C2H6/c1-29-17-5-3-2-4-15(17)13-25-20(28)16(6-8-21)26-18-10-14(7-9-23-18)12-24-19(27)11-22;1-2(3,4)5;2*1-2/h2-10H,11-13,21-22H2,1H3,(H,24,27)(H,25,28);1H3;2*1-2H3/b8-6-,26-16?;;;. The van der Waals surface area contributed by atoms with Gasteiger partial charge in [0.15, 0.2) is 5.82 Å². The highest BCUT2D eigenvalue weighted by Gasteiger charge is 2.15. The average Bonchev–Trinajstić information content (AvgIpc) is 2.91. The number of pyridine rings is 1. The zero-order valence-electron chi connectivity index (χ0n) is 22.7. The highest BCUT2D eigenvalue weighted by atomic mass is 19.4. The Balaban J connectivity index is 0. The number of hydrogen-bond acceptors (Lipinski definition) is 7. The second-order valence-electron chi connectivity index (χ2n) is 6.64. The van der Waals surface area contributed by atoms with Crippen molar-refractivity contribution < 1.29 is 27.5 Å². The summed E-state index contributed by atoms with van der Waals surface area (Å²) in [7, 11) is 1.57. The van der Waals surface area contributed by atoms with E-state index in [4.69, 9.17) is 16.2 Å². The molecule has 0 aliphatic carbocycles. The molecule has 6 N–H and O–H groups in total. The van der Waals surface area contributed by atoms with Crippen LogP contribution in [0, 0.1) is 0 Å². The van der Waals surface area contributed by atoms with Gasteiger partial charge in [-0.05, 0) is 36.0 Å². The van der Waals surface area contributed by atoms with E-state index in [9.17, 15) is 22.8 Å². The predicted octanol–water partition coefficient (Wildman–Crippen LogP) is 4.15. The molecule has 1 aromatic heterocycles. The number of rotatable bonds is 9. The molecule has 0 aliphatic heterocycles. The third-order valence-electron chi connectivity index (χ3n) is 3.84. The fraction of sp³-hybridized carbons (Fsp3) is 0.385. The number of benzene rings is 1. The van der Waals surface area contributed by atoms with Crippen molar-refractivity contribution in [1.29, 1.82) is 0 Å². The van der Waals surface area contributed by atoms with Gasteiger partial charge in [-0.3, -0.25) is 9.59 Å². The molecule has 0 spiro atoms. The molecule has 0 bridgehead atoms. The molecule has 0 atom stereocenters. The van der Waals surface area contributed by atoms with Crippen LogP contribution in [-0.4, -0.2) is 42.3 Å². The van der Waals surface area contributed by atoms with E-state index in [1.54, 1.807) is 25.4 Å². The number of nitrogens with zero attached hydrogens (tertiary/aromatic N) is 2. The quantitative estimate of drug-likeness (QED) is 0.352. The smallest absolute Gasteiger partial charge is 0.386 e. The van der Waals surface area contributed by atoms with Crippen molar-refractivity contribution in [2.45, 2.75) is 53.9 Å². The molecule has 2 amide bonds. The van der Waals surface area contributed by atoms with Crippen LogP contribution in [0.1, 0.15) is 45.7 Å². The summed E-state index contributed by atoms with van der Waals surface area (Å²) in [5, 5.41) is 5.45. The predicted molar refractivity (Wildman–Crippen MR) is 145 cm³/mol. The number of nitrogens with two attached hydrogens (primary N) is 2. The van der Waals surface area contributed by atoms with E-state index in [1.807, 2.05) is 52.0 Å². The number of amides is 2. The number of carbonyl (C=O) groups excluding carboxylic acids is 2. The molecule has 212 valence electrons. The van der Waals surface area contributed by atoms with Crippen molar-refractivity contribution in [3.8, 4) is 5.75 Å². The lowest BCUT2D eigenvalue weighted by molar-refractivity contribution is -0.120. The lowest BCUT2D eigenvalue weighted by Gasteiger charge is -2.09. The second-order valence-corrected chi connectivity index (χ2v) is 6.64. The van der Waals surface area contributed by atoms with Crippen molar-refractivity contribution in [1.82, 2.24) is 15.6 Å². The number of aliphatic imine (C=N–C) groups is 1. The van der Waals surface area contributed by atoms with Crippen molar-refractivity contribution in [2.75, 3.05) is 13.7 Å². The van der Waals surface area contributed by atoms with Crippen LogP contribution in [0.4, 0.5) is 19.0 Å². The number of aromatic nitrogens is 1. The number of hydrogen-bond donors (Lipinski definition) is 4. The van der Waals surface area contributed by atoms with E-state index in [2.05, 4.69) is 20.6 Å². The van der Waals surface area contributed by atoms with E-state index in [0.717, 1.165) is 11.1 Å². The number of methoxy groups -OCH3 is 1. The van der Waals surface area contributed by atoms with Gasteiger partial charge < -0.3 is 26.8 Å². The van der Waals surface area contributed by atoms with E-state index < -0.39 is 12.1 Å². The van der Waals surface area contributed by atoms with Crippen LogP contribution in [0.2, 0.25) is 0 Å². The molecule has 2 rings (SSSR count). The van der Waals surface area contributed by atoms with Crippen molar-refractivity contribution in [3.05, 3.63) is 66.0 Å². The minimum Gasteiger partial charge on any atom is -0.496 e. The van der Waals surface area contributed by atoms with Gasteiger partial charge in [0, 0.05) is 31.8 Å². The van der Waals surface area contributed by atoms with Gasteiger partial charge >= 0.3 is 6.18 Å². The van der Waals surface area contributed by atoms with Gasteiger partial charge in [0.2, 0.25) is 5.91 Å². The van der Waals surface area contributed by atoms with Crippen molar-refractivity contribution in [2.24, 2.45) is 16.5 Å². The zero-order valence-corrected chi connectivity index (χ0v) is 22.7. The minimum atomic E-state index is -4.00. The molecular weight excluding hydrogens is 501 g/mol. The lowest BCUT2D eigenvalue weighted by atomic mass is 10.2. The Bertz CT molecular complexity index is 1010. The normalized spacial score (nSPS) is 10.5. The summed E-state index contributed by atoms with van der Waals surface area (Å²) in [6, 6.07) is 10.8. The van der Waals surface area contributed by atoms with Gasteiger partial charge in [-0.1, -0.05) is 45.9 Å². The molecule has 0 aliphatic rings. The molecule has 38 heavy (non-hydrogen) atoms. The lowest BCUT2D eigenvalue weighted by Crippen LogP contribution is -2.30. The van der Waals surface area contributed by atoms with Crippen LogP contribution in [0.3, 0.4) is 0 Å². The number of carbonyl (C=O) groups is 2. The molecule has 1 aromatic carbocycles. The topological polar surface area (TPSA) is 145 Å². The summed E-state index contributed by atoms with van der Waals surface area (Å²) >= 11 is 0. The summed E-state index contributed by atoms with van der Waals surface area (Å²) in [5.74, 6) is 0.301. The second kappa shape index (κ2) is 21.2. The van der Waals surface area contributed by atoms with Crippen LogP contribution in [0.5, 0.6) is 5.75 Å². The largest absolute Gasteiger partial charge is 0.496 e. The minimum absolute atomic E-state index is 0.0894. The van der Waals surface area contributed by atoms with Crippen molar-refractivity contribution in [3.63, 3.8) is 0 Å². The third kappa shape index (κ3) is 17.5. The van der Waals surface area contributed by atoms with Crippen LogP contribution < -0.4 is 26.8 Å².